The first-order chi connectivity index (χ1) is 13.6. The van der Waals surface area contributed by atoms with Crippen molar-refractivity contribution in [2.75, 3.05) is 11.9 Å². The van der Waals surface area contributed by atoms with Gasteiger partial charge in [0.25, 0.3) is 5.91 Å². The Bertz CT molecular complexity index is 954. The Morgan fingerprint density at radius 1 is 0.893 bits per heavy atom. The van der Waals surface area contributed by atoms with Crippen LogP contribution in [-0.4, -0.2) is 18.5 Å². The van der Waals surface area contributed by atoms with E-state index in [0.29, 0.717) is 18.0 Å². The van der Waals surface area contributed by atoms with Gasteiger partial charge >= 0.3 is 5.97 Å². The second-order valence-electron chi connectivity index (χ2n) is 6.26. The van der Waals surface area contributed by atoms with E-state index in [4.69, 9.17) is 9.47 Å². The van der Waals surface area contributed by atoms with Gasteiger partial charge in [0.2, 0.25) is 0 Å². The smallest absolute Gasteiger partial charge is 0.342 e. The molecule has 1 amide bonds. The fraction of sp³-hybridized carbons (Fsp3) is 0.130. The molecule has 0 unspecified atom stereocenters. The highest BCUT2D eigenvalue weighted by atomic mass is 16.5. The molecule has 0 aliphatic carbocycles. The highest BCUT2D eigenvalue weighted by Crippen LogP contribution is 2.20. The van der Waals surface area contributed by atoms with Crippen molar-refractivity contribution in [2.45, 2.75) is 13.5 Å². The van der Waals surface area contributed by atoms with Gasteiger partial charge in [-0.1, -0.05) is 60.2 Å². The van der Waals surface area contributed by atoms with Crippen molar-refractivity contribution < 1.29 is 19.1 Å². The molecule has 3 aromatic carbocycles. The molecule has 3 rings (SSSR count). The van der Waals surface area contributed by atoms with Crippen molar-refractivity contribution in [1.82, 2.24) is 0 Å². The maximum Gasteiger partial charge on any atom is 0.342 e. The third-order valence-corrected chi connectivity index (χ3v) is 3.98. The second kappa shape index (κ2) is 9.37. The zero-order chi connectivity index (χ0) is 19.8. The summed E-state index contributed by atoms with van der Waals surface area (Å²) in [4.78, 5) is 24.4. The number of esters is 1. The summed E-state index contributed by atoms with van der Waals surface area (Å²) >= 11 is 0. The van der Waals surface area contributed by atoms with E-state index in [2.05, 4.69) is 5.32 Å². The number of hydrogen-bond acceptors (Lipinski definition) is 4. The van der Waals surface area contributed by atoms with E-state index in [-0.39, 0.29) is 12.2 Å². The van der Waals surface area contributed by atoms with Gasteiger partial charge in [0.05, 0.1) is 0 Å². The summed E-state index contributed by atoms with van der Waals surface area (Å²) in [6.07, 6.45) is 0. The van der Waals surface area contributed by atoms with Crippen LogP contribution in [0.1, 0.15) is 21.5 Å². The van der Waals surface area contributed by atoms with E-state index in [1.54, 1.807) is 36.4 Å². The Balaban J connectivity index is 1.58. The largest absolute Gasteiger partial charge is 0.488 e. The molecule has 0 heterocycles. The molecule has 0 fully saturated rings. The molecule has 5 nitrogen and oxygen atoms in total. The number of carbonyl (C=O) groups excluding carboxylic acids is 2. The molecule has 0 atom stereocenters. The molecule has 5 heteroatoms. The molecule has 28 heavy (non-hydrogen) atoms. The summed E-state index contributed by atoms with van der Waals surface area (Å²) < 4.78 is 10.9. The molecule has 0 aliphatic rings. The van der Waals surface area contributed by atoms with Crippen LogP contribution in [0.4, 0.5) is 5.69 Å². The lowest BCUT2D eigenvalue weighted by Crippen LogP contribution is -2.21. The minimum atomic E-state index is -0.608. The number of anilines is 1. The average Bonchev–Trinajstić information content (AvgIpc) is 2.71. The SMILES string of the molecule is Cc1cccc(COc2ccccc2C(=O)OCC(=O)Nc2ccccc2)c1. The molecular weight excluding hydrogens is 354 g/mol. The third kappa shape index (κ3) is 5.45. The summed E-state index contributed by atoms with van der Waals surface area (Å²) in [6.45, 7) is 1.97. The topological polar surface area (TPSA) is 64.6 Å². The Morgan fingerprint density at radius 3 is 2.43 bits per heavy atom. The lowest BCUT2D eigenvalue weighted by atomic mass is 10.1. The van der Waals surface area contributed by atoms with Crippen molar-refractivity contribution >= 4 is 17.6 Å². The Kier molecular flexibility index (Phi) is 6.41. The van der Waals surface area contributed by atoms with E-state index < -0.39 is 11.9 Å². The standard InChI is InChI=1S/C23H21NO4/c1-17-8-7-9-18(14-17)15-27-21-13-6-5-12-20(21)23(26)28-16-22(25)24-19-10-3-2-4-11-19/h2-14H,15-16H2,1H3,(H,24,25). The molecule has 0 spiro atoms. The number of hydrogen-bond donors (Lipinski definition) is 1. The van der Waals surface area contributed by atoms with Gasteiger partial charge in [-0.3, -0.25) is 4.79 Å². The van der Waals surface area contributed by atoms with Crippen LogP contribution < -0.4 is 10.1 Å². The first-order valence-electron chi connectivity index (χ1n) is 8.91. The van der Waals surface area contributed by atoms with Gasteiger partial charge in [0.15, 0.2) is 6.61 Å². The van der Waals surface area contributed by atoms with Crippen LogP contribution in [0.25, 0.3) is 0 Å². The monoisotopic (exact) mass is 375 g/mol. The van der Waals surface area contributed by atoms with Gasteiger partial charge in [-0.25, -0.2) is 4.79 Å². The fourth-order valence-electron chi connectivity index (χ4n) is 2.65. The zero-order valence-corrected chi connectivity index (χ0v) is 15.6. The predicted molar refractivity (Wildman–Crippen MR) is 107 cm³/mol. The highest BCUT2D eigenvalue weighted by Gasteiger charge is 2.15. The van der Waals surface area contributed by atoms with Crippen LogP contribution in [0, 0.1) is 6.92 Å². The summed E-state index contributed by atoms with van der Waals surface area (Å²) in [5, 5.41) is 2.67. The van der Waals surface area contributed by atoms with Crippen molar-refractivity contribution in [2.24, 2.45) is 0 Å². The second-order valence-corrected chi connectivity index (χ2v) is 6.26. The maximum absolute atomic E-state index is 12.4. The molecule has 0 aromatic heterocycles. The lowest BCUT2D eigenvalue weighted by Gasteiger charge is -2.12. The maximum atomic E-state index is 12.4. The summed E-state index contributed by atoms with van der Waals surface area (Å²) in [7, 11) is 0. The number of benzene rings is 3. The molecule has 0 saturated carbocycles. The minimum Gasteiger partial charge on any atom is -0.488 e. The lowest BCUT2D eigenvalue weighted by molar-refractivity contribution is -0.119. The number of amides is 1. The highest BCUT2D eigenvalue weighted by molar-refractivity contribution is 5.96. The zero-order valence-electron chi connectivity index (χ0n) is 15.6. The molecule has 1 N–H and O–H groups in total. The number of nitrogens with one attached hydrogen (secondary N) is 1. The van der Waals surface area contributed by atoms with Crippen molar-refractivity contribution in [3.05, 3.63) is 95.6 Å². The van der Waals surface area contributed by atoms with Crippen LogP contribution in [0.3, 0.4) is 0 Å². The Morgan fingerprint density at radius 2 is 1.64 bits per heavy atom. The number of aryl methyl sites for hydroxylation is 1. The Labute approximate surface area is 163 Å². The molecule has 0 radical (unpaired) electrons. The van der Waals surface area contributed by atoms with Gasteiger partial charge in [0, 0.05) is 5.69 Å². The van der Waals surface area contributed by atoms with Gasteiger partial charge < -0.3 is 14.8 Å². The normalized spacial score (nSPS) is 10.2. The van der Waals surface area contributed by atoms with E-state index >= 15 is 0 Å². The molecule has 0 aliphatic heterocycles. The van der Waals surface area contributed by atoms with Crippen LogP contribution in [-0.2, 0) is 16.1 Å². The van der Waals surface area contributed by atoms with Crippen LogP contribution in [0.5, 0.6) is 5.75 Å². The van der Waals surface area contributed by atoms with Crippen LogP contribution in [0.15, 0.2) is 78.9 Å². The molecule has 3 aromatic rings. The van der Waals surface area contributed by atoms with Crippen molar-refractivity contribution in [3.8, 4) is 5.75 Å². The summed E-state index contributed by atoms with van der Waals surface area (Å²) in [5.74, 6) is -0.599. The number of rotatable bonds is 7. The number of para-hydroxylation sites is 2. The van der Waals surface area contributed by atoms with Gasteiger partial charge in [0.1, 0.15) is 17.9 Å². The Hall–Kier alpha value is -3.60. The number of ether oxygens (including phenoxy) is 2. The first kappa shape index (κ1) is 19.2. The first-order valence-corrected chi connectivity index (χ1v) is 8.91. The van der Waals surface area contributed by atoms with Crippen molar-refractivity contribution in [1.29, 1.82) is 0 Å². The molecular formula is C23H21NO4. The minimum absolute atomic E-state index is 0.280. The van der Waals surface area contributed by atoms with E-state index in [9.17, 15) is 9.59 Å². The average molecular weight is 375 g/mol. The third-order valence-electron chi connectivity index (χ3n) is 3.98. The van der Waals surface area contributed by atoms with Gasteiger partial charge in [-0.05, 0) is 36.8 Å². The van der Waals surface area contributed by atoms with E-state index in [1.165, 1.54) is 0 Å². The molecule has 0 bridgehead atoms. The summed E-state index contributed by atoms with van der Waals surface area (Å²) in [6, 6.07) is 23.8. The van der Waals surface area contributed by atoms with E-state index in [0.717, 1.165) is 11.1 Å². The quantitative estimate of drug-likeness (QED) is 0.623. The van der Waals surface area contributed by atoms with Crippen molar-refractivity contribution in [3.63, 3.8) is 0 Å². The molecule has 142 valence electrons. The predicted octanol–water partition coefficient (Wildman–Crippen LogP) is 4.37. The van der Waals surface area contributed by atoms with Crippen LogP contribution in [0.2, 0.25) is 0 Å². The van der Waals surface area contributed by atoms with Gasteiger partial charge in [-0.15, -0.1) is 0 Å². The fourth-order valence-corrected chi connectivity index (χ4v) is 2.65. The van der Waals surface area contributed by atoms with Crippen LogP contribution >= 0.6 is 0 Å². The van der Waals surface area contributed by atoms with Gasteiger partial charge in [-0.2, -0.15) is 0 Å². The molecule has 0 saturated heterocycles. The van der Waals surface area contributed by atoms with E-state index in [1.807, 2.05) is 49.4 Å². The summed E-state index contributed by atoms with van der Waals surface area (Å²) in [5.41, 5.74) is 3.07. The number of carbonyl (C=O) groups is 2.